The number of aryl methyl sites for hydroxylation is 3. The third-order valence-electron chi connectivity index (χ3n) is 3.57. The standard InChI is InChI=1S/C18H21NO3/c1-11-8-12(2)17(13(3)9-11)19-18(20)15-10-14(21-4)6-7-16(15)22-5/h6-10H,1-5H3,(H,19,20). The van der Waals surface area contributed by atoms with Crippen LogP contribution in [0.25, 0.3) is 0 Å². The van der Waals surface area contributed by atoms with Gasteiger partial charge in [-0.3, -0.25) is 4.79 Å². The molecule has 0 aliphatic carbocycles. The summed E-state index contributed by atoms with van der Waals surface area (Å²) in [7, 11) is 3.11. The van der Waals surface area contributed by atoms with Gasteiger partial charge in [-0.25, -0.2) is 0 Å². The number of benzene rings is 2. The summed E-state index contributed by atoms with van der Waals surface area (Å²) in [4.78, 5) is 12.6. The van der Waals surface area contributed by atoms with Gasteiger partial charge in [-0.1, -0.05) is 17.7 Å². The highest BCUT2D eigenvalue weighted by Gasteiger charge is 2.16. The molecule has 0 bridgehead atoms. The van der Waals surface area contributed by atoms with Crippen molar-refractivity contribution in [1.82, 2.24) is 0 Å². The van der Waals surface area contributed by atoms with Crippen molar-refractivity contribution in [3.63, 3.8) is 0 Å². The predicted octanol–water partition coefficient (Wildman–Crippen LogP) is 3.88. The van der Waals surface area contributed by atoms with Gasteiger partial charge in [-0.15, -0.1) is 0 Å². The van der Waals surface area contributed by atoms with Gasteiger partial charge < -0.3 is 14.8 Å². The number of amides is 1. The van der Waals surface area contributed by atoms with E-state index >= 15 is 0 Å². The zero-order valence-corrected chi connectivity index (χ0v) is 13.6. The first-order chi connectivity index (χ1) is 10.5. The van der Waals surface area contributed by atoms with Crippen LogP contribution in [0.4, 0.5) is 5.69 Å². The Kier molecular flexibility index (Phi) is 4.71. The lowest BCUT2D eigenvalue weighted by Crippen LogP contribution is -2.15. The highest BCUT2D eigenvalue weighted by Crippen LogP contribution is 2.27. The zero-order valence-electron chi connectivity index (χ0n) is 13.6. The van der Waals surface area contributed by atoms with Crippen LogP contribution in [-0.4, -0.2) is 20.1 Å². The van der Waals surface area contributed by atoms with Crippen molar-refractivity contribution >= 4 is 11.6 Å². The molecule has 0 aliphatic heterocycles. The van der Waals surface area contributed by atoms with Crippen molar-refractivity contribution in [2.24, 2.45) is 0 Å². The van der Waals surface area contributed by atoms with Gasteiger partial charge in [-0.05, 0) is 50.1 Å². The maximum Gasteiger partial charge on any atom is 0.259 e. The highest BCUT2D eigenvalue weighted by molar-refractivity contribution is 6.07. The van der Waals surface area contributed by atoms with E-state index in [1.165, 1.54) is 5.56 Å². The molecule has 0 saturated carbocycles. The van der Waals surface area contributed by atoms with Crippen LogP contribution in [0.3, 0.4) is 0 Å². The van der Waals surface area contributed by atoms with Crippen molar-refractivity contribution in [2.75, 3.05) is 19.5 Å². The van der Waals surface area contributed by atoms with Crippen LogP contribution in [0, 0.1) is 20.8 Å². The lowest BCUT2D eigenvalue weighted by atomic mass is 10.0. The number of methoxy groups -OCH3 is 2. The molecule has 0 fully saturated rings. The van der Waals surface area contributed by atoms with E-state index < -0.39 is 0 Å². The lowest BCUT2D eigenvalue weighted by molar-refractivity contribution is 0.102. The van der Waals surface area contributed by atoms with Gasteiger partial charge in [0.15, 0.2) is 0 Å². The van der Waals surface area contributed by atoms with Gasteiger partial charge in [0, 0.05) is 5.69 Å². The molecule has 22 heavy (non-hydrogen) atoms. The molecule has 0 spiro atoms. The molecule has 0 aliphatic rings. The Morgan fingerprint density at radius 1 is 0.955 bits per heavy atom. The smallest absolute Gasteiger partial charge is 0.259 e. The van der Waals surface area contributed by atoms with Gasteiger partial charge in [0.2, 0.25) is 0 Å². The van der Waals surface area contributed by atoms with Crippen LogP contribution in [0.5, 0.6) is 11.5 Å². The Labute approximate surface area is 131 Å². The monoisotopic (exact) mass is 299 g/mol. The molecule has 0 unspecified atom stereocenters. The second-order valence-corrected chi connectivity index (χ2v) is 5.29. The molecule has 0 heterocycles. The Balaban J connectivity index is 2.37. The maximum atomic E-state index is 12.6. The normalized spacial score (nSPS) is 10.2. The minimum atomic E-state index is -0.217. The van der Waals surface area contributed by atoms with Gasteiger partial charge in [0.1, 0.15) is 11.5 Å². The van der Waals surface area contributed by atoms with Crippen LogP contribution in [-0.2, 0) is 0 Å². The van der Waals surface area contributed by atoms with E-state index in [4.69, 9.17) is 9.47 Å². The van der Waals surface area contributed by atoms with Gasteiger partial charge in [0.05, 0.1) is 19.8 Å². The van der Waals surface area contributed by atoms with E-state index in [1.807, 2.05) is 32.9 Å². The number of nitrogens with one attached hydrogen (secondary N) is 1. The zero-order chi connectivity index (χ0) is 16.3. The van der Waals surface area contributed by atoms with Crippen molar-refractivity contribution in [2.45, 2.75) is 20.8 Å². The van der Waals surface area contributed by atoms with Crippen LogP contribution in [0.15, 0.2) is 30.3 Å². The number of carbonyl (C=O) groups is 1. The summed E-state index contributed by atoms with van der Waals surface area (Å²) in [6.45, 7) is 6.01. The maximum absolute atomic E-state index is 12.6. The van der Waals surface area contributed by atoms with Gasteiger partial charge >= 0.3 is 0 Å². The van der Waals surface area contributed by atoms with Gasteiger partial charge in [-0.2, -0.15) is 0 Å². The van der Waals surface area contributed by atoms with E-state index in [0.717, 1.165) is 16.8 Å². The minimum Gasteiger partial charge on any atom is -0.497 e. The molecule has 2 aromatic rings. The van der Waals surface area contributed by atoms with E-state index in [2.05, 4.69) is 5.32 Å². The molecule has 4 nitrogen and oxygen atoms in total. The second-order valence-electron chi connectivity index (χ2n) is 5.29. The topological polar surface area (TPSA) is 47.6 Å². The molecule has 2 aromatic carbocycles. The molecule has 4 heteroatoms. The lowest BCUT2D eigenvalue weighted by Gasteiger charge is -2.15. The summed E-state index contributed by atoms with van der Waals surface area (Å²) in [5.41, 5.74) is 4.52. The summed E-state index contributed by atoms with van der Waals surface area (Å²) in [5.74, 6) is 0.912. The quantitative estimate of drug-likeness (QED) is 0.932. The Morgan fingerprint density at radius 2 is 1.59 bits per heavy atom. The number of carbonyl (C=O) groups excluding carboxylic acids is 1. The summed E-state index contributed by atoms with van der Waals surface area (Å²) in [6, 6.07) is 9.25. The number of hydrogen-bond donors (Lipinski definition) is 1. The summed E-state index contributed by atoms with van der Waals surface area (Å²) in [5, 5.41) is 2.97. The second kappa shape index (κ2) is 6.52. The highest BCUT2D eigenvalue weighted by atomic mass is 16.5. The first kappa shape index (κ1) is 15.9. The largest absolute Gasteiger partial charge is 0.497 e. The van der Waals surface area contributed by atoms with Crippen LogP contribution in [0.2, 0.25) is 0 Å². The molecule has 2 rings (SSSR count). The van der Waals surface area contributed by atoms with Crippen molar-refractivity contribution in [3.8, 4) is 11.5 Å². The molecule has 0 saturated heterocycles. The molecule has 0 radical (unpaired) electrons. The molecular formula is C18H21NO3. The number of hydrogen-bond acceptors (Lipinski definition) is 3. The number of ether oxygens (including phenoxy) is 2. The summed E-state index contributed by atoms with van der Waals surface area (Å²) < 4.78 is 10.4. The first-order valence-corrected chi connectivity index (χ1v) is 7.07. The average molecular weight is 299 g/mol. The van der Waals surface area contributed by atoms with Gasteiger partial charge in [0.25, 0.3) is 5.91 Å². The van der Waals surface area contributed by atoms with E-state index in [0.29, 0.717) is 17.1 Å². The third kappa shape index (κ3) is 3.22. The number of rotatable bonds is 4. The summed E-state index contributed by atoms with van der Waals surface area (Å²) >= 11 is 0. The van der Waals surface area contributed by atoms with Crippen LogP contribution in [0.1, 0.15) is 27.0 Å². The summed E-state index contributed by atoms with van der Waals surface area (Å²) in [6.07, 6.45) is 0. The fourth-order valence-electron chi connectivity index (χ4n) is 2.55. The Hall–Kier alpha value is -2.49. The molecule has 1 amide bonds. The fraction of sp³-hybridized carbons (Fsp3) is 0.278. The Morgan fingerprint density at radius 3 is 2.14 bits per heavy atom. The average Bonchev–Trinajstić information content (AvgIpc) is 2.49. The SMILES string of the molecule is COc1ccc(OC)c(C(=O)Nc2c(C)cc(C)cc2C)c1. The molecule has 1 N–H and O–H groups in total. The van der Waals surface area contributed by atoms with Crippen molar-refractivity contribution in [1.29, 1.82) is 0 Å². The van der Waals surface area contributed by atoms with Crippen molar-refractivity contribution in [3.05, 3.63) is 52.6 Å². The van der Waals surface area contributed by atoms with E-state index in [9.17, 15) is 4.79 Å². The Bertz CT molecular complexity index is 684. The molecule has 0 atom stereocenters. The first-order valence-electron chi connectivity index (χ1n) is 7.07. The van der Waals surface area contributed by atoms with Crippen molar-refractivity contribution < 1.29 is 14.3 Å². The molecule has 0 aromatic heterocycles. The minimum absolute atomic E-state index is 0.217. The predicted molar refractivity (Wildman–Crippen MR) is 88.2 cm³/mol. The van der Waals surface area contributed by atoms with E-state index in [1.54, 1.807) is 32.4 Å². The third-order valence-corrected chi connectivity index (χ3v) is 3.57. The molecular weight excluding hydrogens is 278 g/mol. The van der Waals surface area contributed by atoms with Crippen LogP contribution < -0.4 is 14.8 Å². The van der Waals surface area contributed by atoms with E-state index in [-0.39, 0.29) is 5.91 Å². The van der Waals surface area contributed by atoms with Crippen LogP contribution >= 0.6 is 0 Å². The number of anilines is 1. The fourth-order valence-corrected chi connectivity index (χ4v) is 2.55. The molecule has 116 valence electrons.